The highest BCUT2D eigenvalue weighted by atomic mass is 127. The third kappa shape index (κ3) is 5.53. The first-order valence-electron chi connectivity index (χ1n) is 10.7. The van der Waals surface area contributed by atoms with Crippen LogP contribution in [0.3, 0.4) is 0 Å². The summed E-state index contributed by atoms with van der Waals surface area (Å²) in [6.07, 6.45) is 3.41. The zero-order valence-corrected chi connectivity index (χ0v) is 19.8. The molecular weight excluding hydrogens is 503 g/mol. The number of guanidine groups is 1. The maximum absolute atomic E-state index is 14.1. The number of hydrogen-bond donors (Lipinski definition) is 2. The van der Waals surface area contributed by atoms with Crippen LogP contribution in [0.1, 0.15) is 26.2 Å². The number of morpholine rings is 1. The molecular formula is C21H32F2IN5O. The molecule has 3 unspecified atom stereocenters. The van der Waals surface area contributed by atoms with Gasteiger partial charge in [-0.2, -0.15) is 0 Å². The summed E-state index contributed by atoms with van der Waals surface area (Å²) in [5, 5.41) is 6.70. The Bertz CT molecular complexity index is 717. The number of fused-ring (bicyclic) bond motifs is 1. The van der Waals surface area contributed by atoms with E-state index in [0.29, 0.717) is 25.7 Å². The van der Waals surface area contributed by atoms with E-state index in [9.17, 15) is 8.78 Å². The number of ether oxygens (including phenoxy) is 1. The van der Waals surface area contributed by atoms with Gasteiger partial charge in [0.1, 0.15) is 17.3 Å². The highest BCUT2D eigenvalue weighted by Gasteiger charge is 2.32. The van der Waals surface area contributed by atoms with E-state index in [1.807, 2.05) is 6.92 Å². The molecule has 6 nitrogen and oxygen atoms in total. The molecule has 168 valence electrons. The molecule has 0 bridgehead atoms. The second-order valence-electron chi connectivity index (χ2n) is 8.11. The fourth-order valence-corrected chi connectivity index (χ4v) is 4.57. The van der Waals surface area contributed by atoms with E-state index in [2.05, 4.69) is 15.5 Å². The molecule has 3 saturated heterocycles. The molecule has 3 atom stereocenters. The molecule has 30 heavy (non-hydrogen) atoms. The number of hydrogen-bond acceptors (Lipinski definition) is 4. The summed E-state index contributed by atoms with van der Waals surface area (Å²) in [5.41, 5.74) is 0.0644. The number of para-hydroxylation sites is 1. The number of nitrogens with one attached hydrogen (secondary N) is 2. The predicted octanol–water partition coefficient (Wildman–Crippen LogP) is 2.58. The van der Waals surface area contributed by atoms with Crippen molar-refractivity contribution in [2.24, 2.45) is 4.99 Å². The molecule has 0 aromatic heterocycles. The zero-order valence-electron chi connectivity index (χ0n) is 17.4. The summed E-state index contributed by atoms with van der Waals surface area (Å²) in [6.45, 7) is 7.44. The lowest BCUT2D eigenvalue weighted by molar-refractivity contribution is -0.0432. The van der Waals surface area contributed by atoms with Crippen molar-refractivity contribution in [1.29, 1.82) is 0 Å². The maximum Gasteiger partial charge on any atom is 0.191 e. The first-order valence-corrected chi connectivity index (χ1v) is 10.7. The molecule has 0 saturated carbocycles. The number of benzene rings is 1. The Balaban J connectivity index is 0.00000256. The van der Waals surface area contributed by atoms with E-state index < -0.39 is 11.6 Å². The number of rotatable bonds is 5. The first-order chi connectivity index (χ1) is 14.1. The quantitative estimate of drug-likeness (QED) is 0.345. The lowest BCUT2D eigenvalue weighted by Crippen LogP contribution is -2.48. The fourth-order valence-electron chi connectivity index (χ4n) is 4.57. The molecule has 1 aromatic carbocycles. The van der Waals surface area contributed by atoms with Gasteiger partial charge < -0.3 is 20.3 Å². The Kier molecular flexibility index (Phi) is 8.52. The highest BCUT2D eigenvalue weighted by molar-refractivity contribution is 14.0. The molecule has 3 aliphatic heterocycles. The summed E-state index contributed by atoms with van der Waals surface area (Å²) < 4.78 is 34.1. The topological polar surface area (TPSA) is 52.1 Å². The SMILES string of the molecule is CCNC(=NCC1CN2CCCC2CO1)NC1CCN(c2c(F)cccc2F)C1.I. The molecule has 1 aromatic rings. The number of halogens is 3. The largest absolute Gasteiger partial charge is 0.373 e. The van der Waals surface area contributed by atoms with Crippen LogP contribution in [0.4, 0.5) is 14.5 Å². The van der Waals surface area contributed by atoms with Crippen molar-refractivity contribution in [2.75, 3.05) is 50.8 Å². The monoisotopic (exact) mass is 535 g/mol. The Morgan fingerprint density at radius 1 is 1.20 bits per heavy atom. The van der Waals surface area contributed by atoms with Gasteiger partial charge in [0.05, 0.1) is 19.3 Å². The standard InChI is InChI=1S/C21H31F2N5O.HI/c1-2-24-21(25-11-17-13-27-9-4-5-16(27)14-29-17)26-15-8-10-28(12-15)20-18(22)6-3-7-19(20)23;/h3,6-7,15-17H,2,4-5,8-14H2,1H3,(H2,24,25,26);1H. The summed E-state index contributed by atoms with van der Waals surface area (Å²) in [5.74, 6) is -0.290. The second kappa shape index (κ2) is 10.9. The molecule has 3 heterocycles. The van der Waals surface area contributed by atoms with Gasteiger partial charge in [0.25, 0.3) is 0 Å². The van der Waals surface area contributed by atoms with Gasteiger partial charge >= 0.3 is 0 Å². The van der Waals surface area contributed by atoms with Gasteiger partial charge in [0.15, 0.2) is 5.96 Å². The van der Waals surface area contributed by atoms with Crippen LogP contribution in [-0.2, 0) is 4.74 Å². The van der Waals surface area contributed by atoms with Crippen molar-refractivity contribution in [1.82, 2.24) is 15.5 Å². The molecule has 0 amide bonds. The van der Waals surface area contributed by atoms with Gasteiger partial charge in [0, 0.05) is 38.3 Å². The Morgan fingerprint density at radius 2 is 2.00 bits per heavy atom. The second-order valence-corrected chi connectivity index (χ2v) is 8.11. The number of aliphatic imine (C=N–C) groups is 1. The van der Waals surface area contributed by atoms with Crippen LogP contribution in [-0.4, -0.2) is 74.9 Å². The van der Waals surface area contributed by atoms with Crippen LogP contribution >= 0.6 is 24.0 Å². The summed E-state index contributed by atoms with van der Waals surface area (Å²) in [6, 6.07) is 4.68. The van der Waals surface area contributed by atoms with Crippen LogP contribution in [0.25, 0.3) is 0 Å². The summed E-state index contributed by atoms with van der Waals surface area (Å²) in [7, 11) is 0. The number of anilines is 1. The molecule has 3 aliphatic rings. The van der Waals surface area contributed by atoms with E-state index in [1.54, 1.807) is 4.90 Å². The smallest absolute Gasteiger partial charge is 0.191 e. The first kappa shape index (κ1) is 23.5. The third-order valence-electron chi connectivity index (χ3n) is 6.04. The maximum atomic E-state index is 14.1. The zero-order chi connectivity index (χ0) is 20.2. The van der Waals surface area contributed by atoms with Crippen molar-refractivity contribution in [3.63, 3.8) is 0 Å². The minimum atomic E-state index is -0.513. The molecule has 3 fully saturated rings. The van der Waals surface area contributed by atoms with Crippen molar-refractivity contribution in [2.45, 2.75) is 44.4 Å². The van der Waals surface area contributed by atoms with Gasteiger partial charge in [-0.05, 0) is 44.9 Å². The normalized spacial score (nSPS) is 27.0. The molecule has 0 aliphatic carbocycles. The Hall–Kier alpha value is -1.20. The van der Waals surface area contributed by atoms with Crippen LogP contribution in [0.5, 0.6) is 0 Å². The molecule has 2 N–H and O–H groups in total. The van der Waals surface area contributed by atoms with E-state index >= 15 is 0 Å². The highest BCUT2D eigenvalue weighted by Crippen LogP contribution is 2.27. The lowest BCUT2D eigenvalue weighted by atomic mass is 10.2. The summed E-state index contributed by atoms with van der Waals surface area (Å²) in [4.78, 5) is 9.01. The van der Waals surface area contributed by atoms with Gasteiger partial charge in [-0.15, -0.1) is 24.0 Å². The Labute approximate surface area is 194 Å². The van der Waals surface area contributed by atoms with Crippen molar-refractivity contribution in [3.05, 3.63) is 29.8 Å². The fraction of sp³-hybridized carbons (Fsp3) is 0.667. The minimum absolute atomic E-state index is 0. The average molecular weight is 535 g/mol. The molecule has 0 spiro atoms. The number of nitrogens with zero attached hydrogens (tertiary/aromatic N) is 3. The van der Waals surface area contributed by atoms with E-state index in [0.717, 1.165) is 38.6 Å². The van der Waals surface area contributed by atoms with Gasteiger partial charge in [-0.3, -0.25) is 9.89 Å². The van der Waals surface area contributed by atoms with Crippen molar-refractivity contribution >= 4 is 35.6 Å². The Morgan fingerprint density at radius 3 is 2.77 bits per heavy atom. The molecule has 4 rings (SSSR count). The minimum Gasteiger partial charge on any atom is -0.373 e. The lowest BCUT2D eigenvalue weighted by Gasteiger charge is -2.34. The van der Waals surface area contributed by atoms with Gasteiger partial charge in [-0.1, -0.05) is 6.07 Å². The predicted molar refractivity (Wildman–Crippen MR) is 126 cm³/mol. The molecule has 9 heteroatoms. The summed E-state index contributed by atoms with van der Waals surface area (Å²) >= 11 is 0. The van der Waals surface area contributed by atoms with E-state index in [-0.39, 0.29) is 41.8 Å². The van der Waals surface area contributed by atoms with Gasteiger partial charge in [0.2, 0.25) is 0 Å². The average Bonchev–Trinajstić information content (AvgIpc) is 3.35. The van der Waals surface area contributed by atoms with Crippen molar-refractivity contribution < 1.29 is 13.5 Å². The van der Waals surface area contributed by atoms with Crippen molar-refractivity contribution in [3.8, 4) is 0 Å². The van der Waals surface area contributed by atoms with Crippen LogP contribution in [0, 0.1) is 11.6 Å². The van der Waals surface area contributed by atoms with E-state index in [1.165, 1.54) is 31.0 Å². The third-order valence-corrected chi connectivity index (χ3v) is 6.04. The molecule has 0 radical (unpaired) electrons. The van der Waals surface area contributed by atoms with E-state index in [4.69, 9.17) is 9.73 Å². The van der Waals surface area contributed by atoms with Crippen LogP contribution in [0.15, 0.2) is 23.2 Å². The van der Waals surface area contributed by atoms with Gasteiger partial charge in [-0.25, -0.2) is 8.78 Å². The van der Waals surface area contributed by atoms with Crippen LogP contribution in [0.2, 0.25) is 0 Å². The van der Waals surface area contributed by atoms with Crippen LogP contribution < -0.4 is 15.5 Å².